The Morgan fingerprint density at radius 3 is 1.38 bits per heavy atom. The Kier molecular flexibility index (Phi) is 9.70. The molecule has 0 spiro atoms. The minimum atomic E-state index is -0.0711. The Morgan fingerprint density at radius 1 is 0.792 bits per heavy atom. The molecule has 0 aliphatic carbocycles. The van der Waals surface area contributed by atoms with E-state index in [1.165, 1.54) is 10.6 Å². The van der Waals surface area contributed by atoms with Crippen molar-refractivity contribution in [2.45, 2.75) is 90.6 Å². The molecule has 1 aromatic rings. The molecule has 0 saturated carbocycles. The molecule has 2 heteroatoms. The molecule has 0 unspecified atom stereocenters. The summed E-state index contributed by atoms with van der Waals surface area (Å²) in [6.07, 6.45) is 0. The Labute approximate surface area is 158 Å². The van der Waals surface area contributed by atoms with Crippen molar-refractivity contribution >= 4 is 15.2 Å². The molecule has 0 aliphatic rings. The summed E-state index contributed by atoms with van der Waals surface area (Å²) in [7, 11) is 0. The van der Waals surface area contributed by atoms with E-state index in [9.17, 15) is 5.11 Å². The van der Waals surface area contributed by atoms with E-state index < -0.39 is 0 Å². The monoisotopic (exact) mass is 346 g/mol. The third-order valence-electron chi connectivity index (χ3n) is 3.91. The van der Waals surface area contributed by atoms with Gasteiger partial charge >= 0.3 is 65.3 Å². The molecule has 0 atom stereocenters. The maximum atomic E-state index is 12.3. The molecule has 0 aliphatic heterocycles. The van der Waals surface area contributed by atoms with E-state index in [1.54, 1.807) is 0 Å². The van der Waals surface area contributed by atoms with Crippen molar-refractivity contribution < 1.29 is 5.11 Å². The Bertz CT molecular complexity index is 435. The third-order valence-corrected chi connectivity index (χ3v) is 6.46. The molecule has 0 bridgehead atoms. The van der Waals surface area contributed by atoms with Gasteiger partial charge in [0, 0.05) is 0 Å². The fourth-order valence-corrected chi connectivity index (χ4v) is 4.01. The molecule has 0 saturated heterocycles. The number of benzene rings is 1. The standard InChI is InChI=1S/C14H22O.2C4H9.Al/c1-13(2,3)10-8-7-9-11(12(10)15)14(4,5)6;2*1-4(2)3;/h7-9,15H,1-6H3;2*4H,1H2,2-3H3;/q;;;+1/p-1. The van der Waals surface area contributed by atoms with Gasteiger partial charge in [0.25, 0.3) is 0 Å². The first-order chi connectivity index (χ1) is 10.8. The zero-order chi connectivity index (χ0) is 19.1. The maximum absolute atomic E-state index is 12.3. The van der Waals surface area contributed by atoms with E-state index in [-0.39, 0.29) is 16.6 Å². The molecule has 0 heterocycles. The normalized spacial score (nSPS) is 12.0. The second kappa shape index (κ2) is 9.89. The SMILES string of the molecule is CC(C)(C)c1cccc(C(C)(C)C)c1[O-].CC(C)[CH2][Al+][CH2]C(C)C. The molecular weight excluding hydrogens is 307 g/mol. The summed E-state index contributed by atoms with van der Waals surface area (Å²) in [6.45, 7) is 21.7. The molecule has 0 radical (unpaired) electrons. The van der Waals surface area contributed by atoms with E-state index in [4.69, 9.17) is 0 Å². The van der Waals surface area contributed by atoms with Crippen molar-refractivity contribution in [2.24, 2.45) is 11.8 Å². The molecule has 1 aromatic carbocycles. The summed E-state index contributed by atoms with van der Waals surface area (Å²) in [5.41, 5.74) is 1.68. The predicted molar refractivity (Wildman–Crippen MR) is 108 cm³/mol. The molecule has 24 heavy (non-hydrogen) atoms. The molecule has 1 rings (SSSR count). The van der Waals surface area contributed by atoms with Crippen LogP contribution in [-0.2, 0) is 10.8 Å². The van der Waals surface area contributed by atoms with Gasteiger partial charge in [0.1, 0.15) is 0 Å². The number of rotatable bonds is 4. The predicted octanol–water partition coefficient (Wildman–Crippen LogP) is 6.19. The summed E-state index contributed by atoms with van der Waals surface area (Å²) in [5.74, 6) is 2.06. The van der Waals surface area contributed by atoms with Crippen LogP contribution in [0.1, 0.15) is 80.4 Å². The van der Waals surface area contributed by atoms with Crippen LogP contribution >= 0.6 is 0 Å². The van der Waals surface area contributed by atoms with Gasteiger partial charge in [-0.2, -0.15) is 0 Å². The van der Waals surface area contributed by atoms with Crippen LogP contribution < -0.4 is 5.11 Å². The second-order valence-corrected chi connectivity index (χ2v) is 11.3. The quantitative estimate of drug-likeness (QED) is 0.596. The molecule has 136 valence electrons. The van der Waals surface area contributed by atoms with Crippen molar-refractivity contribution in [1.29, 1.82) is 0 Å². The molecular formula is C22H39AlO. The van der Waals surface area contributed by atoms with Gasteiger partial charge in [-0.25, -0.2) is 0 Å². The van der Waals surface area contributed by atoms with Crippen molar-refractivity contribution in [3.05, 3.63) is 29.3 Å². The van der Waals surface area contributed by atoms with E-state index in [2.05, 4.69) is 69.2 Å². The number of para-hydroxylation sites is 1. The van der Waals surface area contributed by atoms with E-state index >= 15 is 0 Å². The van der Waals surface area contributed by atoms with Crippen molar-refractivity contribution in [3.8, 4) is 5.75 Å². The van der Waals surface area contributed by atoms with Crippen LogP contribution in [0.2, 0.25) is 10.6 Å². The van der Waals surface area contributed by atoms with Crippen LogP contribution in [0.15, 0.2) is 18.2 Å². The van der Waals surface area contributed by atoms with Crippen LogP contribution in [0.3, 0.4) is 0 Å². The van der Waals surface area contributed by atoms with Crippen LogP contribution in [0.4, 0.5) is 0 Å². The van der Waals surface area contributed by atoms with Crippen LogP contribution in [0.25, 0.3) is 0 Å². The third kappa shape index (κ3) is 9.14. The topological polar surface area (TPSA) is 23.1 Å². The fraction of sp³-hybridized carbons (Fsp3) is 0.727. The van der Waals surface area contributed by atoms with E-state index in [0.29, 0.717) is 0 Å². The van der Waals surface area contributed by atoms with E-state index in [1.807, 2.05) is 18.2 Å². The van der Waals surface area contributed by atoms with Gasteiger partial charge in [0.05, 0.1) is 0 Å². The summed E-state index contributed by atoms with van der Waals surface area (Å²) in [6, 6.07) is 5.87. The van der Waals surface area contributed by atoms with Crippen LogP contribution in [0.5, 0.6) is 5.75 Å². The average molecular weight is 347 g/mol. The summed E-state index contributed by atoms with van der Waals surface area (Å²) in [5, 5.41) is 15.2. The zero-order valence-electron chi connectivity index (χ0n) is 17.8. The van der Waals surface area contributed by atoms with Gasteiger partial charge < -0.3 is 5.11 Å². The Hall–Kier alpha value is -0.448. The first-order valence-electron chi connectivity index (χ1n) is 9.39. The zero-order valence-corrected chi connectivity index (χ0v) is 18.9. The van der Waals surface area contributed by atoms with Gasteiger partial charge in [-0.05, 0) is 10.8 Å². The van der Waals surface area contributed by atoms with Gasteiger partial charge in [-0.15, -0.1) is 5.75 Å². The fourth-order valence-electron chi connectivity index (χ4n) is 2.48. The number of hydrogen-bond donors (Lipinski definition) is 0. The molecule has 1 nitrogen and oxygen atoms in total. The van der Waals surface area contributed by atoms with Crippen molar-refractivity contribution in [1.82, 2.24) is 0 Å². The van der Waals surface area contributed by atoms with Crippen LogP contribution in [0, 0.1) is 11.8 Å². The average Bonchev–Trinajstić information content (AvgIpc) is 2.35. The summed E-state index contributed by atoms with van der Waals surface area (Å²) >= 11 is 0.755. The Balaban J connectivity index is 0.000000506. The van der Waals surface area contributed by atoms with Gasteiger partial charge in [0.2, 0.25) is 0 Å². The van der Waals surface area contributed by atoms with Crippen molar-refractivity contribution in [3.63, 3.8) is 0 Å². The minimum absolute atomic E-state index is 0.0711. The van der Waals surface area contributed by atoms with Gasteiger partial charge in [-0.1, -0.05) is 70.9 Å². The van der Waals surface area contributed by atoms with E-state index in [0.717, 1.165) is 38.2 Å². The molecule has 0 N–H and O–H groups in total. The molecule has 0 fully saturated rings. The molecule has 0 amide bonds. The summed E-state index contributed by atoms with van der Waals surface area (Å²) in [4.78, 5) is 0. The van der Waals surface area contributed by atoms with Crippen LogP contribution in [-0.4, -0.2) is 15.2 Å². The first-order valence-corrected chi connectivity index (χ1v) is 11.0. The van der Waals surface area contributed by atoms with Gasteiger partial charge in [0.15, 0.2) is 0 Å². The first kappa shape index (κ1) is 23.6. The Morgan fingerprint density at radius 2 is 1.12 bits per heavy atom. The number of hydrogen-bond acceptors (Lipinski definition) is 1. The van der Waals surface area contributed by atoms with Crippen molar-refractivity contribution in [2.75, 3.05) is 0 Å². The molecule has 0 aromatic heterocycles. The second-order valence-electron chi connectivity index (χ2n) is 9.73. The van der Waals surface area contributed by atoms with Gasteiger partial charge in [-0.3, -0.25) is 0 Å². The summed E-state index contributed by atoms with van der Waals surface area (Å²) < 4.78 is 0.